The molecular weight excluding hydrogens is 360 g/mol. The number of carbonyl (C=O) groups is 1. The summed E-state index contributed by atoms with van der Waals surface area (Å²) in [4.78, 5) is 14.2. The lowest BCUT2D eigenvalue weighted by Crippen LogP contribution is -2.27. The molecule has 27 heavy (non-hydrogen) atoms. The molecule has 142 valence electrons. The van der Waals surface area contributed by atoms with E-state index in [2.05, 4.69) is 47.3 Å². The molecule has 8 heteroatoms. The molecule has 0 aliphatic rings. The minimum absolute atomic E-state index is 0.0389. The first-order valence-electron chi connectivity index (χ1n) is 8.69. The normalized spacial score (nSPS) is 11.0. The van der Waals surface area contributed by atoms with Gasteiger partial charge in [0.1, 0.15) is 5.82 Å². The third-order valence-electron chi connectivity index (χ3n) is 4.33. The number of hydrogen-bond donors (Lipinski definition) is 0. The summed E-state index contributed by atoms with van der Waals surface area (Å²) in [5.74, 6) is 1.15. The molecule has 0 unspecified atom stereocenters. The lowest BCUT2D eigenvalue weighted by Gasteiger charge is -2.16. The van der Waals surface area contributed by atoms with Crippen LogP contribution in [-0.2, 0) is 18.4 Å². The zero-order valence-electron chi connectivity index (χ0n) is 16.3. The van der Waals surface area contributed by atoms with E-state index in [9.17, 15) is 4.79 Å². The number of rotatable bonds is 6. The summed E-state index contributed by atoms with van der Waals surface area (Å²) in [5.41, 5.74) is 4.38. The zero-order chi connectivity index (χ0) is 19.6. The fraction of sp³-hybridized carbons (Fsp3) is 0.368. The Morgan fingerprint density at radius 2 is 2.00 bits per heavy atom. The average molecular weight is 385 g/mol. The van der Waals surface area contributed by atoms with Gasteiger partial charge in [0.15, 0.2) is 5.16 Å². The zero-order valence-corrected chi connectivity index (χ0v) is 17.1. The van der Waals surface area contributed by atoms with Crippen molar-refractivity contribution in [1.82, 2.24) is 29.4 Å². The number of hydrogen-bond acceptors (Lipinski definition) is 5. The summed E-state index contributed by atoms with van der Waals surface area (Å²) >= 11 is 1.41. The van der Waals surface area contributed by atoms with Gasteiger partial charge in [0.2, 0.25) is 5.91 Å². The summed E-state index contributed by atoms with van der Waals surface area (Å²) in [6.07, 6.45) is 3.69. The Kier molecular flexibility index (Phi) is 5.65. The predicted molar refractivity (Wildman–Crippen MR) is 106 cm³/mol. The van der Waals surface area contributed by atoms with E-state index < -0.39 is 0 Å². The lowest BCUT2D eigenvalue weighted by atomic mass is 10.1. The maximum Gasteiger partial charge on any atom is 0.233 e. The van der Waals surface area contributed by atoms with E-state index >= 15 is 0 Å². The maximum atomic E-state index is 12.5. The van der Waals surface area contributed by atoms with Gasteiger partial charge < -0.3 is 4.90 Å². The Labute approximate surface area is 163 Å². The number of thioether (sulfide) groups is 1. The van der Waals surface area contributed by atoms with Gasteiger partial charge in [-0.25, -0.2) is 0 Å². The molecule has 2 heterocycles. The highest BCUT2D eigenvalue weighted by Crippen LogP contribution is 2.25. The van der Waals surface area contributed by atoms with Gasteiger partial charge in [-0.15, -0.1) is 10.2 Å². The lowest BCUT2D eigenvalue weighted by molar-refractivity contribution is -0.127. The number of benzene rings is 1. The van der Waals surface area contributed by atoms with Crippen LogP contribution in [0.2, 0.25) is 0 Å². The molecule has 0 aliphatic heterocycles. The van der Waals surface area contributed by atoms with Crippen molar-refractivity contribution < 1.29 is 4.79 Å². The number of carbonyl (C=O) groups excluding carboxylic acids is 1. The Morgan fingerprint density at radius 1 is 1.22 bits per heavy atom. The third kappa shape index (κ3) is 4.39. The first kappa shape index (κ1) is 19.2. The van der Waals surface area contributed by atoms with Crippen LogP contribution in [0.4, 0.5) is 0 Å². The van der Waals surface area contributed by atoms with E-state index in [1.54, 1.807) is 22.8 Å². The van der Waals surface area contributed by atoms with E-state index in [1.165, 1.54) is 17.3 Å². The van der Waals surface area contributed by atoms with Gasteiger partial charge in [-0.05, 0) is 38.0 Å². The minimum Gasteiger partial charge on any atom is -0.341 e. The highest BCUT2D eigenvalue weighted by atomic mass is 32.2. The van der Waals surface area contributed by atoms with Gasteiger partial charge in [-0.1, -0.05) is 23.9 Å². The molecule has 3 rings (SSSR count). The standard InChI is InChI=1S/C19H24N6OS/c1-13-6-7-14(2)17(8-13)25-15(3)21-22-19(25)27-12-18(26)23(4)10-16-9-20-24(5)11-16/h6-9,11H,10,12H2,1-5H3. The topological polar surface area (TPSA) is 68.8 Å². The largest absolute Gasteiger partial charge is 0.341 e. The maximum absolute atomic E-state index is 12.5. The molecule has 0 aliphatic carbocycles. The van der Waals surface area contributed by atoms with Crippen LogP contribution >= 0.6 is 11.8 Å². The van der Waals surface area contributed by atoms with E-state index in [1.807, 2.05) is 24.7 Å². The van der Waals surface area contributed by atoms with Crippen molar-refractivity contribution in [2.45, 2.75) is 32.5 Å². The fourth-order valence-corrected chi connectivity index (χ4v) is 3.76. The molecule has 0 fully saturated rings. The van der Waals surface area contributed by atoms with Crippen LogP contribution in [0.15, 0.2) is 35.7 Å². The van der Waals surface area contributed by atoms with Gasteiger partial charge >= 0.3 is 0 Å². The number of amides is 1. The monoisotopic (exact) mass is 384 g/mol. The molecule has 2 aromatic heterocycles. The van der Waals surface area contributed by atoms with Crippen LogP contribution < -0.4 is 0 Å². The summed E-state index contributed by atoms with van der Waals surface area (Å²) in [5, 5.41) is 13.4. The molecule has 0 bridgehead atoms. The smallest absolute Gasteiger partial charge is 0.233 e. The van der Waals surface area contributed by atoms with Crippen LogP contribution in [0.1, 0.15) is 22.5 Å². The van der Waals surface area contributed by atoms with Crippen LogP contribution in [0.3, 0.4) is 0 Å². The van der Waals surface area contributed by atoms with Gasteiger partial charge in [0.25, 0.3) is 0 Å². The predicted octanol–water partition coefficient (Wildman–Crippen LogP) is 2.68. The van der Waals surface area contributed by atoms with E-state index in [0.29, 0.717) is 12.3 Å². The van der Waals surface area contributed by atoms with Crippen molar-refractivity contribution in [3.63, 3.8) is 0 Å². The minimum atomic E-state index is 0.0389. The first-order chi connectivity index (χ1) is 12.8. The molecule has 0 atom stereocenters. The second-order valence-electron chi connectivity index (χ2n) is 6.72. The fourth-order valence-electron chi connectivity index (χ4n) is 2.83. The Hall–Kier alpha value is -2.61. The van der Waals surface area contributed by atoms with Crippen molar-refractivity contribution in [3.8, 4) is 5.69 Å². The molecule has 0 saturated heterocycles. The summed E-state index contributed by atoms with van der Waals surface area (Å²) in [6, 6.07) is 6.29. The molecule has 0 radical (unpaired) electrons. The Bertz CT molecular complexity index is 961. The molecule has 0 N–H and O–H groups in total. The Morgan fingerprint density at radius 3 is 2.70 bits per heavy atom. The van der Waals surface area contributed by atoms with Gasteiger partial charge in [-0.3, -0.25) is 14.0 Å². The van der Waals surface area contributed by atoms with E-state index in [0.717, 1.165) is 27.8 Å². The average Bonchev–Trinajstić information content (AvgIpc) is 3.20. The highest BCUT2D eigenvalue weighted by molar-refractivity contribution is 7.99. The van der Waals surface area contributed by atoms with Crippen LogP contribution in [0.25, 0.3) is 5.69 Å². The van der Waals surface area contributed by atoms with Crippen LogP contribution in [-0.4, -0.2) is 48.2 Å². The number of aromatic nitrogens is 5. The molecule has 0 spiro atoms. The molecule has 3 aromatic rings. The van der Waals surface area contributed by atoms with Crippen LogP contribution in [0, 0.1) is 20.8 Å². The SMILES string of the molecule is Cc1ccc(C)c(-n2c(C)nnc2SCC(=O)N(C)Cc2cnn(C)c2)c1. The van der Waals surface area contributed by atoms with Crippen molar-refractivity contribution in [3.05, 3.63) is 53.1 Å². The first-order valence-corrected chi connectivity index (χ1v) is 9.67. The molecular formula is C19H24N6OS. The van der Waals surface area contributed by atoms with Crippen molar-refractivity contribution >= 4 is 17.7 Å². The summed E-state index contributed by atoms with van der Waals surface area (Å²) in [7, 11) is 3.67. The van der Waals surface area contributed by atoms with Gasteiger partial charge in [0, 0.05) is 32.4 Å². The summed E-state index contributed by atoms with van der Waals surface area (Å²) < 4.78 is 3.75. The molecule has 1 aromatic carbocycles. The quantitative estimate of drug-likeness (QED) is 0.611. The van der Waals surface area contributed by atoms with E-state index in [-0.39, 0.29) is 5.91 Å². The second-order valence-corrected chi connectivity index (χ2v) is 7.66. The third-order valence-corrected chi connectivity index (χ3v) is 5.24. The van der Waals surface area contributed by atoms with Crippen molar-refractivity contribution in [2.24, 2.45) is 7.05 Å². The molecule has 1 amide bonds. The van der Waals surface area contributed by atoms with Crippen molar-refractivity contribution in [1.29, 1.82) is 0 Å². The highest BCUT2D eigenvalue weighted by Gasteiger charge is 2.17. The van der Waals surface area contributed by atoms with Crippen LogP contribution in [0.5, 0.6) is 0 Å². The van der Waals surface area contributed by atoms with Gasteiger partial charge in [-0.2, -0.15) is 5.10 Å². The molecule has 7 nitrogen and oxygen atoms in total. The van der Waals surface area contributed by atoms with E-state index in [4.69, 9.17) is 0 Å². The number of nitrogens with zero attached hydrogens (tertiary/aromatic N) is 6. The Balaban J connectivity index is 1.71. The molecule has 0 saturated carbocycles. The van der Waals surface area contributed by atoms with Crippen molar-refractivity contribution in [2.75, 3.05) is 12.8 Å². The second kappa shape index (κ2) is 7.96. The van der Waals surface area contributed by atoms with Gasteiger partial charge in [0.05, 0.1) is 17.6 Å². The summed E-state index contributed by atoms with van der Waals surface area (Å²) in [6.45, 7) is 6.59. The number of aryl methyl sites for hydroxylation is 4.